The molecule has 0 spiro atoms. The highest BCUT2D eigenvalue weighted by Crippen LogP contribution is 2.35. The van der Waals surface area contributed by atoms with Crippen molar-refractivity contribution >= 4 is 11.3 Å². The summed E-state index contributed by atoms with van der Waals surface area (Å²) in [5.41, 5.74) is 1.57. The van der Waals surface area contributed by atoms with E-state index in [1.165, 1.54) is 37.7 Å². The molecule has 1 aromatic rings. The molecule has 1 aromatic heterocycles. The van der Waals surface area contributed by atoms with Crippen molar-refractivity contribution in [2.45, 2.75) is 51.5 Å². The van der Waals surface area contributed by atoms with Crippen LogP contribution in [-0.2, 0) is 6.42 Å². The third-order valence-corrected chi connectivity index (χ3v) is 4.93. The molecule has 1 saturated carbocycles. The molecule has 2 N–H and O–H groups in total. The van der Waals surface area contributed by atoms with Gasteiger partial charge in [0.1, 0.15) is 0 Å². The van der Waals surface area contributed by atoms with Crippen LogP contribution in [0.15, 0.2) is 16.8 Å². The summed E-state index contributed by atoms with van der Waals surface area (Å²) in [6.45, 7) is 3.55. The van der Waals surface area contributed by atoms with Crippen molar-refractivity contribution in [1.29, 1.82) is 0 Å². The standard InChI is InChI=1S/C15H25NOS/c1-13(9-14-5-8-18-10-14)16-11-15(12-17)6-3-2-4-7-15/h5,8,10,13,16-17H,2-4,6-7,9,11-12H2,1H3. The average Bonchev–Trinajstić information content (AvgIpc) is 2.90. The lowest BCUT2D eigenvalue weighted by Crippen LogP contribution is -2.42. The van der Waals surface area contributed by atoms with E-state index in [2.05, 4.69) is 29.1 Å². The first-order valence-corrected chi connectivity index (χ1v) is 8.04. The maximum absolute atomic E-state index is 9.67. The van der Waals surface area contributed by atoms with Gasteiger partial charge in [0.2, 0.25) is 0 Å². The highest BCUT2D eigenvalue weighted by Gasteiger charge is 2.31. The Kier molecular flexibility index (Phi) is 5.22. The first-order valence-electron chi connectivity index (χ1n) is 7.09. The van der Waals surface area contributed by atoms with Gasteiger partial charge in [0.15, 0.2) is 0 Å². The zero-order valence-corrected chi connectivity index (χ0v) is 12.1. The van der Waals surface area contributed by atoms with E-state index < -0.39 is 0 Å². The molecular weight excluding hydrogens is 242 g/mol. The van der Waals surface area contributed by atoms with Gasteiger partial charge in [-0.1, -0.05) is 19.3 Å². The van der Waals surface area contributed by atoms with Crippen molar-refractivity contribution in [3.05, 3.63) is 22.4 Å². The van der Waals surface area contributed by atoms with Gasteiger partial charge in [0.05, 0.1) is 0 Å². The van der Waals surface area contributed by atoms with E-state index in [1.807, 2.05) is 0 Å². The van der Waals surface area contributed by atoms with Crippen LogP contribution >= 0.6 is 11.3 Å². The van der Waals surface area contributed by atoms with Gasteiger partial charge in [-0.05, 0) is 48.6 Å². The summed E-state index contributed by atoms with van der Waals surface area (Å²) in [5, 5.41) is 17.7. The second-order valence-electron chi connectivity index (χ2n) is 5.84. The molecule has 0 aromatic carbocycles. The molecule has 1 unspecified atom stereocenters. The molecule has 3 heteroatoms. The normalized spacial score (nSPS) is 20.8. The Labute approximate surface area is 114 Å². The zero-order valence-electron chi connectivity index (χ0n) is 11.3. The van der Waals surface area contributed by atoms with Gasteiger partial charge in [-0.2, -0.15) is 11.3 Å². The molecule has 0 aliphatic heterocycles. The predicted molar refractivity (Wildman–Crippen MR) is 78.1 cm³/mol. The fraction of sp³-hybridized carbons (Fsp3) is 0.733. The minimum Gasteiger partial charge on any atom is -0.396 e. The molecule has 1 aliphatic rings. The number of rotatable bonds is 6. The van der Waals surface area contributed by atoms with Crippen molar-refractivity contribution in [3.63, 3.8) is 0 Å². The lowest BCUT2D eigenvalue weighted by atomic mass is 9.74. The minimum absolute atomic E-state index is 0.154. The fourth-order valence-corrected chi connectivity index (χ4v) is 3.60. The van der Waals surface area contributed by atoms with E-state index in [9.17, 15) is 5.11 Å². The van der Waals surface area contributed by atoms with Gasteiger partial charge in [0, 0.05) is 24.6 Å². The topological polar surface area (TPSA) is 32.3 Å². The maximum atomic E-state index is 9.67. The van der Waals surface area contributed by atoms with Crippen LogP contribution in [0.3, 0.4) is 0 Å². The Morgan fingerprint density at radius 2 is 2.17 bits per heavy atom. The van der Waals surface area contributed by atoms with Crippen LogP contribution in [0.1, 0.15) is 44.6 Å². The summed E-state index contributed by atoms with van der Waals surface area (Å²) in [5.74, 6) is 0. The molecule has 2 nitrogen and oxygen atoms in total. The molecular formula is C15H25NOS. The summed E-state index contributed by atoms with van der Waals surface area (Å²) < 4.78 is 0. The summed E-state index contributed by atoms with van der Waals surface area (Å²) in [6, 6.07) is 2.69. The van der Waals surface area contributed by atoms with Gasteiger partial charge >= 0.3 is 0 Å². The Bertz CT molecular complexity index is 330. The van der Waals surface area contributed by atoms with Crippen LogP contribution in [-0.4, -0.2) is 24.3 Å². The highest BCUT2D eigenvalue weighted by atomic mass is 32.1. The van der Waals surface area contributed by atoms with Gasteiger partial charge in [0.25, 0.3) is 0 Å². The third-order valence-electron chi connectivity index (χ3n) is 4.20. The number of hydrogen-bond acceptors (Lipinski definition) is 3. The second-order valence-corrected chi connectivity index (χ2v) is 6.62. The predicted octanol–water partition coefficient (Wildman–Crippen LogP) is 3.21. The smallest absolute Gasteiger partial charge is 0.0499 e. The molecule has 0 radical (unpaired) electrons. The minimum atomic E-state index is 0.154. The van der Waals surface area contributed by atoms with Crippen molar-refractivity contribution in [3.8, 4) is 0 Å². The van der Waals surface area contributed by atoms with Gasteiger partial charge in [-0.15, -0.1) is 0 Å². The largest absolute Gasteiger partial charge is 0.396 e. The molecule has 1 aliphatic carbocycles. The molecule has 0 saturated heterocycles. The summed E-state index contributed by atoms with van der Waals surface area (Å²) in [6.07, 6.45) is 7.35. The van der Waals surface area contributed by atoms with Crippen molar-refractivity contribution in [1.82, 2.24) is 5.32 Å². The number of aliphatic hydroxyl groups excluding tert-OH is 1. The number of hydrogen-bond donors (Lipinski definition) is 2. The van der Waals surface area contributed by atoms with Gasteiger partial charge < -0.3 is 10.4 Å². The van der Waals surface area contributed by atoms with Crippen LogP contribution < -0.4 is 5.32 Å². The van der Waals surface area contributed by atoms with Crippen LogP contribution in [0.5, 0.6) is 0 Å². The van der Waals surface area contributed by atoms with Crippen LogP contribution in [0.25, 0.3) is 0 Å². The first kappa shape index (κ1) is 14.0. The van der Waals surface area contributed by atoms with E-state index in [0.29, 0.717) is 12.6 Å². The molecule has 0 bridgehead atoms. The molecule has 1 atom stereocenters. The van der Waals surface area contributed by atoms with Gasteiger partial charge in [-0.25, -0.2) is 0 Å². The maximum Gasteiger partial charge on any atom is 0.0499 e. The van der Waals surface area contributed by atoms with Crippen molar-refractivity contribution in [2.75, 3.05) is 13.2 Å². The highest BCUT2D eigenvalue weighted by molar-refractivity contribution is 7.07. The fourth-order valence-electron chi connectivity index (χ4n) is 2.92. The number of nitrogens with one attached hydrogen (secondary N) is 1. The molecule has 1 heterocycles. The lowest BCUT2D eigenvalue weighted by Gasteiger charge is -2.36. The van der Waals surface area contributed by atoms with Crippen LogP contribution in [0.4, 0.5) is 0 Å². The molecule has 2 rings (SSSR count). The van der Waals surface area contributed by atoms with Crippen LogP contribution in [0, 0.1) is 5.41 Å². The molecule has 18 heavy (non-hydrogen) atoms. The van der Waals surface area contributed by atoms with E-state index in [-0.39, 0.29) is 5.41 Å². The first-order chi connectivity index (χ1) is 8.74. The van der Waals surface area contributed by atoms with Crippen LogP contribution in [0.2, 0.25) is 0 Å². The Hall–Kier alpha value is -0.380. The summed E-state index contributed by atoms with van der Waals surface area (Å²) >= 11 is 1.76. The SMILES string of the molecule is CC(Cc1ccsc1)NCC1(CO)CCCCC1. The summed E-state index contributed by atoms with van der Waals surface area (Å²) in [4.78, 5) is 0. The summed E-state index contributed by atoms with van der Waals surface area (Å²) in [7, 11) is 0. The quantitative estimate of drug-likeness (QED) is 0.829. The molecule has 102 valence electrons. The second kappa shape index (κ2) is 6.69. The Morgan fingerprint density at radius 1 is 1.39 bits per heavy atom. The van der Waals surface area contributed by atoms with Gasteiger partial charge in [-0.3, -0.25) is 0 Å². The van der Waals surface area contributed by atoms with E-state index in [0.717, 1.165) is 13.0 Å². The number of aliphatic hydroxyl groups is 1. The third kappa shape index (κ3) is 3.81. The Balaban J connectivity index is 1.78. The molecule has 0 amide bonds. The number of thiophene rings is 1. The van der Waals surface area contributed by atoms with Crippen molar-refractivity contribution < 1.29 is 5.11 Å². The lowest BCUT2D eigenvalue weighted by molar-refractivity contribution is 0.0789. The monoisotopic (exact) mass is 267 g/mol. The van der Waals surface area contributed by atoms with E-state index in [4.69, 9.17) is 0 Å². The average molecular weight is 267 g/mol. The Morgan fingerprint density at radius 3 is 2.78 bits per heavy atom. The van der Waals surface area contributed by atoms with E-state index >= 15 is 0 Å². The van der Waals surface area contributed by atoms with E-state index in [1.54, 1.807) is 11.3 Å². The zero-order chi connectivity index (χ0) is 12.8. The van der Waals surface area contributed by atoms with Crippen molar-refractivity contribution in [2.24, 2.45) is 5.41 Å². The molecule has 1 fully saturated rings.